The Balaban J connectivity index is 1.39. The van der Waals surface area contributed by atoms with Crippen molar-refractivity contribution < 1.29 is 14.3 Å². The Morgan fingerprint density at radius 1 is 1.14 bits per heavy atom. The van der Waals surface area contributed by atoms with E-state index < -0.39 is 0 Å². The Hall–Kier alpha value is -1.84. The molecular weight excluding hydrogens is 278 g/mol. The van der Waals surface area contributed by atoms with Crippen LogP contribution in [0.5, 0.6) is 0 Å². The lowest BCUT2D eigenvalue weighted by Gasteiger charge is -2.55. The SMILES string of the molecule is O=C(NC12CC3CC(C1)C(=O)C(C3)C2)OCc1ccccc1. The zero-order valence-corrected chi connectivity index (χ0v) is 12.6. The Labute approximate surface area is 130 Å². The van der Waals surface area contributed by atoms with Gasteiger partial charge in [0.2, 0.25) is 0 Å². The predicted molar refractivity (Wildman–Crippen MR) is 81.1 cm³/mol. The quantitative estimate of drug-likeness (QED) is 0.933. The van der Waals surface area contributed by atoms with E-state index in [0.717, 1.165) is 37.7 Å². The van der Waals surface area contributed by atoms with Crippen molar-refractivity contribution >= 4 is 11.9 Å². The maximum atomic E-state index is 12.2. The Kier molecular flexibility index (Phi) is 3.21. The molecule has 4 nitrogen and oxygen atoms in total. The summed E-state index contributed by atoms with van der Waals surface area (Å²) in [5.41, 5.74) is 0.788. The maximum absolute atomic E-state index is 12.2. The van der Waals surface area contributed by atoms with Crippen molar-refractivity contribution in [3.05, 3.63) is 35.9 Å². The number of carbonyl (C=O) groups is 2. The Morgan fingerprint density at radius 3 is 2.50 bits per heavy atom. The van der Waals surface area contributed by atoms with E-state index in [1.807, 2.05) is 30.3 Å². The summed E-state index contributed by atoms with van der Waals surface area (Å²) in [6, 6.07) is 9.69. The van der Waals surface area contributed by atoms with Crippen molar-refractivity contribution in [3.8, 4) is 0 Å². The van der Waals surface area contributed by atoms with Crippen LogP contribution in [0.15, 0.2) is 30.3 Å². The van der Waals surface area contributed by atoms with Crippen molar-refractivity contribution in [1.29, 1.82) is 0 Å². The lowest BCUT2D eigenvalue weighted by molar-refractivity contribution is -0.142. The number of hydrogen-bond acceptors (Lipinski definition) is 3. The number of hydrogen-bond donors (Lipinski definition) is 1. The minimum Gasteiger partial charge on any atom is -0.445 e. The molecule has 22 heavy (non-hydrogen) atoms. The van der Waals surface area contributed by atoms with Crippen molar-refractivity contribution in [2.75, 3.05) is 0 Å². The first-order chi connectivity index (χ1) is 10.6. The topological polar surface area (TPSA) is 55.4 Å². The molecule has 0 saturated heterocycles. The third-order valence-electron chi connectivity index (χ3n) is 5.57. The van der Waals surface area contributed by atoms with Crippen LogP contribution >= 0.6 is 0 Å². The molecular formula is C18H21NO3. The highest BCUT2D eigenvalue weighted by atomic mass is 16.5. The molecule has 1 N–H and O–H groups in total. The molecule has 1 aromatic rings. The van der Waals surface area contributed by atoms with Crippen LogP contribution in [0.3, 0.4) is 0 Å². The Morgan fingerprint density at radius 2 is 1.82 bits per heavy atom. The zero-order chi connectivity index (χ0) is 15.2. The molecule has 4 fully saturated rings. The zero-order valence-electron chi connectivity index (χ0n) is 12.6. The van der Waals surface area contributed by atoms with E-state index in [1.54, 1.807) is 0 Å². The minimum absolute atomic E-state index is 0.167. The van der Waals surface area contributed by atoms with Gasteiger partial charge < -0.3 is 10.1 Å². The fourth-order valence-corrected chi connectivity index (χ4v) is 4.88. The molecule has 1 aromatic carbocycles. The van der Waals surface area contributed by atoms with Crippen LogP contribution in [0.2, 0.25) is 0 Å². The molecule has 0 aromatic heterocycles. The van der Waals surface area contributed by atoms with Crippen LogP contribution in [-0.4, -0.2) is 17.4 Å². The molecule has 4 aliphatic rings. The molecule has 4 saturated carbocycles. The summed E-state index contributed by atoms with van der Waals surface area (Å²) in [5, 5.41) is 3.10. The number of amides is 1. The van der Waals surface area contributed by atoms with Gasteiger partial charge in [-0.05, 0) is 43.6 Å². The van der Waals surface area contributed by atoms with Gasteiger partial charge in [0.15, 0.2) is 0 Å². The van der Waals surface area contributed by atoms with Gasteiger partial charge in [0.25, 0.3) is 0 Å². The first kappa shape index (κ1) is 13.8. The van der Waals surface area contributed by atoms with Gasteiger partial charge in [-0.25, -0.2) is 4.79 Å². The van der Waals surface area contributed by atoms with E-state index in [0.29, 0.717) is 11.7 Å². The molecule has 4 heteroatoms. The van der Waals surface area contributed by atoms with Crippen LogP contribution in [0.1, 0.15) is 37.7 Å². The van der Waals surface area contributed by atoms with E-state index in [-0.39, 0.29) is 30.1 Å². The summed E-state index contributed by atoms with van der Waals surface area (Å²) in [6.07, 6.45) is 4.32. The Bertz CT molecular complexity index is 580. The van der Waals surface area contributed by atoms with E-state index >= 15 is 0 Å². The molecule has 0 spiro atoms. The second-order valence-corrected chi connectivity index (χ2v) is 7.21. The standard InChI is InChI=1S/C18H21NO3/c20-16-14-6-13-7-15(16)10-18(8-13,9-14)19-17(21)22-11-12-4-2-1-3-5-12/h1-5,13-15H,6-11H2,(H,19,21). The predicted octanol–water partition coefficient (Wildman–Crippen LogP) is 3.06. The average Bonchev–Trinajstić information content (AvgIpc) is 2.50. The van der Waals surface area contributed by atoms with Gasteiger partial charge in [-0.1, -0.05) is 30.3 Å². The molecule has 2 unspecified atom stereocenters. The van der Waals surface area contributed by atoms with Crippen LogP contribution in [0, 0.1) is 17.8 Å². The third-order valence-corrected chi connectivity index (χ3v) is 5.57. The van der Waals surface area contributed by atoms with Crippen LogP contribution < -0.4 is 5.32 Å². The summed E-state index contributed by atoms with van der Waals surface area (Å²) in [6.45, 7) is 0.290. The second-order valence-electron chi connectivity index (χ2n) is 7.21. The van der Waals surface area contributed by atoms with Gasteiger partial charge in [-0.15, -0.1) is 0 Å². The maximum Gasteiger partial charge on any atom is 0.407 e. The monoisotopic (exact) mass is 299 g/mol. The summed E-state index contributed by atoms with van der Waals surface area (Å²) >= 11 is 0. The number of Topliss-reactive ketones (excluding diaryl/α,β-unsaturated/α-hetero) is 1. The van der Waals surface area contributed by atoms with Crippen molar-refractivity contribution in [3.63, 3.8) is 0 Å². The van der Waals surface area contributed by atoms with Crippen LogP contribution in [-0.2, 0) is 16.1 Å². The number of nitrogens with one attached hydrogen (secondary N) is 1. The highest BCUT2D eigenvalue weighted by molar-refractivity contribution is 5.86. The molecule has 2 atom stereocenters. The number of carbonyl (C=O) groups excluding carboxylic acids is 2. The summed E-state index contributed by atoms with van der Waals surface area (Å²) < 4.78 is 5.36. The fraction of sp³-hybridized carbons (Fsp3) is 0.556. The first-order valence-electron chi connectivity index (χ1n) is 8.16. The molecule has 0 heterocycles. The molecule has 0 radical (unpaired) electrons. The normalized spacial score (nSPS) is 35.5. The number of ketones is 1. The van der Waals surface area contributed by atoms with Crippen LogP contribution in [0.4, 0.5) is 4.79 Å². The van der Waals surface area contributed by atoms with Crippen LogP contribution in [0.25, 0.3) is 0 Å². The molecule has 4 aliphatic carbocycles. The van der Waals surface area contributed by atoms with Crippen molar-refractivity contribution in [2.24, 2.45) is 17.8 Å². The lowest BCUT2D eigenvalue weighted by atomic mass is 9.52. The van der Waals surface area contributed by atoms with Gasteiger partial charge in [0, 0.05) is 17.4 Å². The van der Waals surface area contributed by atoms with Gasteiger partial charge in [0.05, 0.1) is 0 Å². The smallest absolute Gasteiger partial charge is 0.407 e. The van der Waals surface area contributed by atoms with Gasteiger partial charge in [-0.3, -0.25) is 4.79 Å². The molecule has 4 bridgehead atoms. The molecule has 0 aliphatic heterocycles. The molecule has 116 valence electrons. The highest BCUT2D eigenvalue weighted by Crippen LogP contribution is 2.53. The second kappa shape index (κ2) is 5.11. The first-order valence-corrected chi connectivity index (χ1v) is 8.16. The van der Waals surface area contributed by atoms with Gasteiger partial charge in [0.1, 0.15) is 12.4 Å². The van der Waals surface area contributed by atoms with Crippen molar-refractivity contribution in [1.82, 2.24) is 5.32 Å². The number of rotatable bonds is 3. The average molecular weight is 299 g/mol. The largest absolute Gasteiger partial charge is 0.445 e. The van der Waals surface area contributed by atoms with Gasteiger partial charge >= 0.3 is 6.09 Å². The number of benzene rings is 1. The number of alkyl carbamates (subject to hydrolysis) is 1. The summed E-state index contributed by atoms with van der Waals surface area (Å²) in [7, 11) is 0. The number of ether oxygens (including phenoxy) is 1. The fourth-order valence-electron chi connectivity index (χ4n) is 4.88. The summed E-state index contributed by atoms with van der Waals surface area (Å²) in [5.74, 6) is 1.37. The van der Waals surface area contributed by atoms with E-state index in [9.17, 15) is 9.59 Å². The van der Waals surface area contributed by atoms with Gasteiger partial charge in [-0.2, -0.15) is 0 Å². The third kappa shape index (κ3) is 2.40. The van der Waals surface area contributed by atoms with E-state index in [4.69, 9.17) is 4.74 Å². The molecule has 5 rings (SSSR count). The van der Waals surface area contributed by atoms with Crippen molar-refractivity contribution in [2.45, 2.75) is 44.2 Å². The minimum atomic E-state index is -0.349. The molecule has 1 amide bonds. The van der Waals surface area contributed by atoms with E-state index in [1.165, 1.54) is 0 Å². The van der Waals surface area contributed by atoms with E-state index in [2.05, 4.69) is 5.32 Å². The highest BCUT2D eigenvalue weighted by Gasteiger charge is 2.55. The summed E-state index contributed by atoms with van der Waals surface area (Å²) in [4.78, 5) is 24.3. The lowest BCUT2D eigenvalue weighted by Crippen LogP contribution is -2.62.